The van der Waals surface area contributed by atoms with Crippen molar-refractivity contribution in [3.63, 3.8) is 0 Å². The van der Waals surface area contributed by atoms with Crippen LogP contribution >= 0.6 is 34.5 Å². The van der Waals surface area contributed by atoms with Crippen LogP contribution in [0.15, 0.2) is 35.7 Å². The van der Waals surface area contributed by atoms with Crippen molar-refractivity contribution in [1.29, 1.82) is 0 Å². The molecular formula is C15H17Cl2NS. The van der Waals surface area contributed by atoms with Crippen LogP contribution in [-0.4, -0.2) is 6.54 Å². The van der Waals surface area contributed by atoms with Crippen LogP contribution in [0.25, 0.3) is 0 Å². The Labute approximate surface area is 128 Å². The van der Waals surface area contributed by atoms with Gasteiger partial charge in [-0.25, -0.2) is 0 Å². The first kappa shape index (κ1) is 14.9. The Morgan fingerprint density at radius 1 is 1.16 bits per heavy atom. The molecule has 1 heterocycles. The second-order valence-electron chi connectivity index (χ2n) is 4.43. The molecule has 0 fully saturated rings. The fourth-order valence-electron chi connectivity index (χ4n) is 2.07. The van der Waals surface area contributed by atoms with Crippen molar-refractivity contribution in [2.24, 2.45) is 0 Å². The quantitative estimate of drug-likeness (QED) is 0.759. The van der Waals surface area contributed by atoms with Crippen LogP contribution in [0, 0.1) is 0 Å². The van der Waals surface area contributed by atoms with Gasteiger partial charge in [-0.1, -0.05) is 42.3 Å². The molecule has 1 atom stereocenters. The summed E-state index contributed by atoms with van der Waals surface area (Å²) in [6.07, 6.45) is 2.00. The van der Waals surface area contributed by atoms with Gasteiger partial charge in [-0.3, -0.25) is 0 Å². The van der Waals surface area contributed by atoms with E-state index in [2.05, 4.69) is 29.8 Å². The lowest BCUT2D eigenvalue weighted by molar-refractivity contribution is 0.532. The molecule has 2 aromatic rings. The van der Waals surface area contributed by atoms with E-state index in [-0.39, 0.29) is 6.04 Å². The summed E-state index contributed by atoms with van der Waals surface area (Å²) in [5, 5.41) is 7.11. The van der Waals surface area contributed by atoms with Gasteiger partial charge < -0.3 is 5.32 Å². The van der Waals surface area contributed by atoms with Crippen molar-refractivity contribution in [2.45, 2.75) is 25.8 Å². The highest BCUT2D eigenvalue weighted by molar-refractivity contribution is 7.09. The van der Waals surface area contributed by atoms with Gasteiger partial charge in [0.25, 0.3) is 0 Å². The van der Waals surface area contributed by atoms with E-state index in [4.69, 9.17) is 23.2 Å². The summed E-state index contributed by atoms with van der Waals surface area (Å²) < 4.78 is 0. The average Bonchev–Trinajstić information content (AvgIpc) is 2.88. The summed E-state index contributed by atoms with van der Waals surface area (Å²) in [6.45, 7) is 3.11. The van der Waals surface area contributed by atoms with E-state index in [1.165, 1.54) is 4.88 Å². The van der Waals surface area contributed by atoms with Crippen molar-refractivity contribution in [1.82, 2.24) is 5.32 Å². The van der Waals surface area contributed by atoms with E-state index >= 15 is 0 Å². The molecule has 1 aromatic heterocycles. The predicted octanol–water partition coefficient (Wildman–Crippen LogP) is 5.34. The third kappa shape index (κ3) is 3.96. The van der Waals surface area contributed by atoms with Gasteiger partial charge in [0.2, 0.25) is 0 Å². The Morgan fingerprint density at radius 2 is 1.89 bits per heavy atom. The maximum Gasteiger partial charge on any atom is 0.0468 e. The van der Waals surface area contributed by atoms with Crippen LogP contribution in [0.5, 0.6) is 0 Å². The fourth-order valence-corrected chi connectivity index (χ4v) is 3.48. The predicted molar refractivity (Wildman–Crippen MR) is 85.5 cm³/mol. The van der Waals surface area contributed by atoms with Crippen LogP contribution in [0.3, 0.4) is 0 Å². The minimum Gasteiger partial charge on any atom is -0.310 e. The highest BCUT2D eigenvalue weighted by Crippen LogP contribution is 2.32. The molecule has 2 rings (SSSR count). The number of thiophene rings is 1. The lowest BCUT2D eigenvalue weighted by Gasteiger charge is -2.21. The highest BCUT2D eigenvalue weighted by Gasteiger charge is 2.18. The van der Waals surface area contributed by atoms with Crippen LogP contribution < -0.4 is 5.32 Å². The average molecular weight is 314 g/mol. The van der Waals surface area contributed by atoms with E-state index in [9.17, 15) is 0 Å². The zero-order valence-electron chi connectivity index (χ0n) is 10.8. The molecule has 0 spiro atoms. The molecule has 0 aliphatic heterocycles. The van der Waals surface area contributed by atoms with E-state index < -0.39 is 0 Å². The number of halogens is 2. The summed E-state index contributed by atoms with van der Waals surface area (Å²) in [6, 6.07) is 10.1. The van der Waals surface area contributed by atoms with Gasteiger partial charge in [-0.15, -0.1) is 11.3 Å². The van der Waals surface area contributed by atoms with E-state index in [0.29, 0.717) is 0 Å². The lowest BCUT2D eigenvalue weighted by atomic mass is 10.0. The molecule has 1 nitrogen and oxygen atoms in total. The highest BCUT2D eigenvalue weighted by atomic mass is 35.5. The Hall–Kier alpha value is -0.540. The van der Waals surface area contributed by atoms with Gasteiger partial charge in [-0.05, 0) is 36.5 Å². The molecule has 102 valence electrons. The molecule has 1 aromatic carbocycles. The molecule has 0 bridgehead atoms. The first-order valence-electron chi connectivity index (χ1n) is 6.42. The molecule has 0 saturated heterocycles. The Kier molecular flexibility index (Phi) is 5.71. The fraction of sp³-hybridized carbons (Fsp3) is 0.333. The first-order chi connectivity index (χ1) is 9.22. The molecule has 0 aliphatic rings. The number of nitrogens with one attached hydrogen (secondary N) is 1. The van der Waals surface area contributed by atoms with Crippen LogP contribution in [0.4, 0.5) is 0 Å². The van der Waals surface area contributed by atoms with Crippen LogP contribution in [0.1, 0.15) is 29.8 Å². The van der Waals surface area contributed by atoms with Gasteiger partial charge in [-0.2, -0.15) is 0 Å². The summed E-state index contributed by atoms with van der Waals surface area (Å²) in [4.78, 5) is 1.34. The van der Waals surface area contributed by atoms with E-state index in [1.54, 1.807) is 11.3 Å². The van der Waals surface area contributed by atoms with Crippen molar-refractivity contribution in [3.8, 4) is 0 Å². The third-order valence-electron chi connectivity index (χ3n) is 2.97. The lowest BCUT2D eigenvalue weighted by Crippen LogP contribution is -2.24. The van der Waals surface area contributed by atoms with Gasteiger partial charge in [0, 0.05) is 32.9 Å². The van der Waals surface area contributed by atoms with Crippen molar-refractivity contribution in [2.75, 3.05) is 6.54 Å². The number of benzene rings is 1. The van der Waals surface area contributed by atoms with Gasteiger partial charge in [0.15, 0.2) is 0 Å². The maximum absolute atomic E-state index is 6.32. The van der Waals surface area contributed by atoms with E-state index in [0.717, 1.165) is 35.0 Å². The Bertz CT molecular complexity index is 491. The third-order valence-corrected chi connectivity index (χ3v) is 4.53. The molecule has 0 radical (unpaired) electrons. The minimum absolute atomic E-state index is 0.166. The van der Waals surface area contributed by atoms with E-state index in [1.807, 2.05) is 18.2 Å². The number of hydrogen-bond donors (Lipinski definition) is 1. The molecule has 0 amide bonds. The molecule has 4 heteroatoms. The minimum atomic E-state index is 0.166. The summed E-state index contributed by atoms with van der Waals surface area (Å²) in [5.74, 6) is 0. The van der Waals surface area contributed by atoms with Gasteiger partial charge in [0.05, 0.1) is 0 Å². The molecule has 1 unspecified atom stereocenters. The Morgan fingerprint density at radius 3 is 2.47 bits per heavy atom. The normalized spacial score (nSPS) is 12.6. The first-order valence-corrected chi connectivity index (χ1v) is 8.05. The summed E-state index contributed by atoms with van der Waals surface area (Å²) >= 11 is 14.4. The standard InChI is InChI=1S/C15H17Cl2NS/c1-2-8-18-14(10-11-5-4-9-19-11)15-12(16)6-3-7-13(15)17/h3-7,9,14,18H,2,8,10H2,1H3. The second kappa shape index (κ2) is 7.30. The monoisotopic (exact) mass is 313 g/mol. The van der Waals surface area contributed by atoms with Gasteiger partial charge >= 0.3 is 0 Å². The Balaban J connectivity index is 2.26. The number of hydrogen-bond acceptors (Lipinski definition) is 2. The van der Waals surface area contributed by atoms with Crippen molar-refractivity contribution < 1.29 is 0 Å². The molecule has 19 heavy (non-hydrogen) atoms. The molecule has 1 N–H and O–H groups in total. The topological polar surface area (TPSA) is 12.0 Å². The molecular weight excluding hydrogens is 297 g/mol. The molecule has 0 aliphatic carbocycles. The second-order valence-corrected chi connectivity index (χ2v) is 6.27. The summed E-state index contributed by atoms with van der Waals surface area (Å²) in [7, 11) is 0. The number of rotatable bonds is 6. The van der Waals surface area contributed by atoms with Crippen molar-refractivity contribution >= 4 is 34.5 Å². The van der Waals surface area contributed by atoms with Gasteiger partial charge in [0.1, 0.15) is 0 Å². The largest absolute Gasteiger partial charge is 0.310 e. The zero-order chi connectivity index (χ0) is 13.7. The summed E-state index contributed by atoms with van der Waals surface area (Å²) in [5.41, 5.74) is 1.01. The smallest absolute Gasteiger partial charge is 0.0468 e. The van der Waals surface area contributed by atoms with Crippen molar-refractivity contribution in [3.05, 3.63) is 56.2 Å². The van der Waals surface area contributed by atoms with Crippen LogP contribution in [0.2, 0.25) is 10.0 Å². The maximum atomic E-state index is 6.32. The SMILES string of the molecule is CCCNC(Cc1cccs1)c1c(Cl)cccc1Cl. The zero-order valence-corrected chi connectivity index (χ0v) is 13.2. The van der Waals surface area contributed by atoms with Crippen LogP contribution in [-0.2, 0) is 6.42 Å². The molecule has 0 saturated carbocycles.